The van der Waals surface area contributed by atoms with E-state index in [0.717, 1.165) is 11.3 Å². The molecular formula is C22H29IN4O3. The number of aliphatic hydroxyl groups excluding tert-OH is 1. The fraction of sp³-hybridized carbons (Fsp3) is 0.364. The van der Waals surface area contributed by atoms with Crippen LogP contribution in [-0.4, -0.2) is 49.8 Å². The zero-order chi connectivity index (χ0) is 20.6. The topological polar surface area (TPSA) is 86.2 Å². The predicted octanol–water partition coefficient (Wildman–Crippen LogP) is 2.71. The molecule has 3 rings (SSSR count). The lowest BCUT2D eigenvalue weighted by Gasteiger charge is -2.19. The standard InChI is InChI=1S/C22H28N4O3.HI/c1-3-23-22(24-14-20(27)16-8-7-11-19(12-16)29-2)25-17-13-21(28)26(15-17)18-9-5-4-6-10-18;/h4-12,17,20,27H,3,13-15H2,1-2H3,(H2,23,24,25);1H. The van der Waals surface area contributed by atoms with E-state index in [1.165, 1.54) is 0 Å². The van der Waals surface area contributed by atoms with E-state index < -0.39 is 6.10 Å². The number of para-hydroxylation sites is 1. The summed E-state index contributed by atoms with van der Waals surface area (Å²) in [4.78, 5) is 18.7. The van der Waals surface area contributed by atoms with Crippen LogP contribution in [0.25, 0.3) is 0 Å². The van der Waals surface area contributed by atoms with Gasteiger partial charge in [-0.3, -0.25) is 9.79 Å². The number of methoxy groups -OCH3 is 1. The second-order valence-electron chi connectivity index (χ2n) is 6.90. The first-order valence-corrected chi connectivity index (χ1v) is 9.83. The van der Waals surface area contributed by atoms with E-state index in [0.29, 0.717) is 31.2 Å². The van der Waals surface area contributed by atoms with Crippen molar-refractivity contribution in [2.45, 2.75) is 25.5 Å². The summed E-state index contributed by atoms with van der Waals surface area (Å²) in [6.45, 7) is 3.44. The van der Waals surface area contributed by atoms with Crippen molar-refractivity contribution in [2.75, 3.05) is 31.6 Å². The third kappa shape index (κ3) is 6.33. The van der Waals surface area contributed by atoms with Crippen molar-refractivity contribution in [1.29, 1.82) is 0 Å². The van der Waals surface area contributed by atoms with Gasteiger partial charge in [0.15, 0.2) is 5.96 Å². The highest BCUT2D eigenvalue weighted by atomic mass is 127. The minimum atomic E-state index is -0.744. The largest absolute Gasteiger partial charge is 0.497 e. The van der Waals surface area contributed by atoms with E-state index in [1.54, 1.807) is 18.1 Å². The summed E-state index contributed by atoms with van der Waals surface area (Å²) in [5.41, 5.74) is 1.65. The number of hydrogen-bond acceptors (Lipinski definition) is 4. The molecule has 3 N–H and O–H groups in total. The molecule has 0 spiro atoms. The fourth-order valence-corrected chi connectivity index (χ4v) is 3.31. The van der Waals surface area contributed by atoms with Gasteiger partial charge in [0.25, 0.3) is 0 Å². The van der Waals surface area contributed by atoms with E-state index in [-0.39, 0.29) is 42.5 Å². The first-order valence-electron chi connectivity index (χ1n) is 9.83. The van der Waals surface area contributed by atoms with Gasteiger partial charge < -0.3 is 25.4 Å². The quantitative estimate of drug-likeness (QED) is 0.295. The maximum absolute atomic E-state index is 12.4. The number of amides is 1. The number of ether oxygens (including phenoxy) is 1. The second-order valence-corrected chi connectivity index (χ2v) is 6.90. The number of hydrogen-bond donors (Lipinski definition) is 3. The molecule has 0 saturated carbocycles. The average Bonchev–Trinajstić information content (AvgIpc) is 3.12. The molecule has 2 unspecified atom stereocenters. The molecule has 0 aliphatic carbocycles. The van der Waals surface area contributed by atoms with E-state index in [9.17, 15) is 9.90 Å². The van der Waals surface area contributed by atoms with Gasteiger partial charge in [-0.2, -0.15) is 0 Å². The smallest absolute Gasteiger partial charge is 0.229 e. The summed E-state index contributed by atoms with van der Waals surface area (Å²) in [5, 5.41) is 17.0. The Morgan fingerprint density at radius 3 is 2.73 bits per heavy atom. The second kappa shape index (κ2) is 11.8. The van der Waals surface area contributed by atoms with Gasteiger partial charge >= 0.3 is 0 Å². The van der Waals surface area contributed by atoms with E-state index in [2.05, 4.69) is 15.6 Å². The highest BCUT2D eigenvalue weighted by Crippen LogP contribution is 2.21. The highest BCUT2D eigenvalue weighted by Gasteiger charge is 2.31. The Morgan fingerprint density at radius 1 is 1.27 bits per heavy atom. The van der Waals surface area contributed by atoms with Gasteiger partial charge in [-0.05, 0) is 36.8 Å². The molecule has 0 bridgehead atoms. The van der Waals surface area contributed by atoms with E-state index >= 15 is 0 Å². The van der Waals surface area contributed by atoms with Crippen molar-refractivity contribution in [2.24, 2.45) is 4.99 Å². The van der Waals surface area contributed by atoms with Crippen LogP contribution >= 0.6 is 24.0 Å². The number of halogens is 1. The number of benzene rings is 2. The summed E-state index contributed by atoms with van der Waals surface area (Å²) < 4.78 is 5.21. The van der Waals surface area contributed by atoms with Gasteiger partial charge in [-0.25, -0.2) is 0 Å². The van der Waals surface area contributed by atoms with Crippen LogP contribution in [0.5, 0.6) is 5.75 Å². The van der Waals surface area contributed by atoms with Gasteiger partial charge in [0.2, 0.25) is 5.91 Å². The highest BCUT2D eigenvalue weighted by molar-refractivity contribution is 14.0. The van der Waals surface area contributed by atoms with Crippen molar-refractivity contribution in [3.8, 4) is 5.75 Å². The van der Waals surface area contributed by atoms with Crippen LogP contribution in [0.3, 0.4) is 0 Å². The van der Waals surface area contributed by atoms with Gasteiger partial charge in [0.05, 0.1) is 25.8 Å². The number of nitrogens with one attached hydrogen (secondary N) is 2. The molecular weight excluding hydrogens is 495 g/mol. The van der Waals surface area contributed by atoms with Crippen molar-refractivity contribution in [1.82, 2.24) is 10.6 Å². The van der Waals surface area contributed by atoms with Crippen LogP contribution in [0.2, 0.25) is 0 Å². The third-order valence-corrected chi connectivity index (χ3v) is 4.78. The predicted molar refractivity (Wildman–Crippen MR) is 130 cm³/mol. The number of rotatable bonds is 7. The number of carbonyl (C=O) groups is 1. The zero-order valence-electron chi connectivity index (χ0n) is 17.2. The Kier molecular flexibility index (Phi) is 9.38. The van der Waals surface area contributed by atoms with Gasteiger partial charge in [-0.15, -0.1) is 24.0 Å². The van der Waals surface area contributed by atoms with Crippen LogP contribution < -0.4 is 20.3 Å². The maximum atomic E-state index is 12.4. The molecule has 1 fully saturated rings. The van der Waals surface area contributed by atoms with Gasteiger partial charge in [0.1, 0.15) is 5.75 Å². The summed E-state index contributed by atoms with van der Waals surface area (Å²) in [5.74, 6) is 1.36. The van der Waals surface area contributed by atoms with Crippen molar-refractivity contribution < 1.29 is 14.6 Å². The van der Waals surface area contributed by atoms with E-state index in [1.807, 2.05) is 55.5 Å². The minimum absolute atomic E-state index is 0. The number of guanidine groups is 1. The SMILES string of the molecule is CCNC(=NCC(O)c1cccc(OC)c1)NC1CC(=O)N(c2ccccc2)C1.I. The molecule has 0 radical (unpaired) electrons. The lowest BCUT2D eigenvalue weighted by Crippen LogP contribution is -2.44. The van der Waals surface area contributed by atoms with Crippen LogP contribution in [0.15, 0.2) is 59.6 Å². The Bertz CT molecular complexity index is 847. The molecule has 7 nitrogen and oxygen atoms in total. The van der Waals surface area contributed by atoms with Crippen molar-refractivity contribution in [3.05, 3.63) is 60.2 Å². The number of anilines is 1. The first-order chi connectivity index (χ1) is 14.1. The average molecular weight is 524 g/mol. The molecule has 0 aromatic heterocycles. The molecule has 30 heavy (non-hydrogen) atoms. The summed E-state index contributed by atoms with van der Waals surface area (Å²) in [6.07, 6.45) is -0.343. The van der Waals surface area contributed by atoms with Crippen LogP contribution in [0, 0.1) is 0 Å². The normalized spacial score (nSPS) is 17.3. The maximum Gasteiger partial charge on any atom is 0.229 e. The number of carbonyl (C=O) groups excluding carboxylic acids is 1. The molecule has 1 saturated heterocycles. The third-order valence-electron chi connectivity index (χ3n) is 4.78. The Morgan fingerprint density at radius 2 is 2.03 bits per heavy atom. The Labute approximate surface area is 194 Å². The van der Waals surface area contributed by atoms with Gasteiger partial charge in [0, 0.05) is 25.2 Å². The molecule has 1 heterocycles. The molecule has 162 valence electrons. The van der Waals surface area contributed by atoms with E-state index in [4.69, 9.17) is 4.74 Å². The van der Waals surface area contributed by atoms with Crippen LogP contribution in [0.1, 0.15) is 25.0 Å². The summed E-state index contributed by atoms with van der Waals surface area (Å²) in [6, 6.07) is 16.9. The lowest BCUT2D eigenvalue weighted by molar-refractivity contribution is -0.117. The molecule has 1 aliphatic rings. The molecule has 1 amide bonds. The van der Waals surface area contributed by atoms with Crippen LogP contribution in [0.4, 0.5) is 5.69 Å². The minimum Gasteiger partial charge on any atom is -0.497 e. The Balaban J connectivity index is 0.00000320. The first kappa shape index (κ1) is 23.9. The molecule has 2 atom stereocenters. The van der Waals surface area contributed by atoms with Gasteiger partial charge in [-0.1, -0.05) is 30.3 Å². The molecule has 2 aromatic carbocycles. The number of aliphatic imine (C=N–C) groups is 1. The van der Waals surface area contributed by atoms with Crippen LogP contribution in [-0.2, 0) is 4.79 Å². The summed E-state index contributed by atoms with van der Waals surface area (Å²) in [7, 11) is 1.60. The monoisotopic (exact) mass is 524 g/mol. The number of aliphatic hydroxyl groups is 1. The van der Waals surface area contributed by atoms with Crippen molar-refractivity contribution >= 4 is 41.5 Å². The summed E-state index contributed by atoms with van der Waals surface area (Å²) >= 11 is 0. The molecule has 8 heteroatoms. The Hall–Kier alpha value is -2.33. The molecule has 1 aliphatic heterocycles. The number of nitrogens with zero attached hydrogens (tertiary/aromatic N) is 2. The zero-order valence-corrected chi connectivity index (χ0v) is 19.6. The molecule has 2 aromatic rings. The lowest BCUT2D eigenvalue weighted by atomic mass is 10.1. The fourth-order valence-electron chi connectivity index (χ4n) is 3.31. The van der Waals surface area contributed by atoms with Crippen molar-refractivity contribution in [3.63, 3.8) is 0 Å².